The first kappa shape index (κ1) is 29.4. The highest BCUT2D eigenvalue weighted by Crippen LogP contribution is 2.18. The summed E-state index contributed by atoms with van der Waals surface area (Å²) >= 11 is 0. The molecule has 180 valence electrons. The summed E-state index contributed by atoms with van der Waals surface area (Å²) in [4.78, 5) is 13.0. The molecule has 0 saturated carbocycles. The van der Waals surface area contributed by atoms with E-state index >= 15 is 0 Å². The third-order valence-electron chi connectivity index (χ3n) is 6.07. The van der Waals surface area contributed by atoms with Gasteiger partial charge < -0.3 is 0 Å². The molecule has 0 spiro atoms. The van der Waals surface area contributed by atoms with Crippen molar-refractivity contribution in [1.82, 2.24) is 16.0 Å². The van der Waals surface area contributed by atoms with Crippen molar-refractivity contribution < 1.29 is 4.79 Å². The number of hydrogen-bond acceptors (Lipinski definition) is 3. The maximum Gasteiger partial charge on any atom is 0.254 e. The lowest BCUT2D eigenvalue weighted by molar-refractivity contribution is -0.143. The lowest BCUT2D eigenvalue weighted by Gasteiger charge is -2.28. The van der Waals surface area contributed by atoms with Gasteiger partial charge in [0.25, 0.3) is 5.91 Å². The molecule has 0 aromatic rings. The van der Waals surface area contributed by atoms with Crippen LogP contribution in [0.15, 0.2) is 0 Å². The van der Waals surface area contributed by atoms with E-state index in [1.54, 1.807) is 5.12 Å². The molecule has 2 N–H and O–H groups in total. The van der Waals surface area contributed by atoms with Gasteiger partial charge in [-0.05, 0) is 25.7 Å². The van der Waals surface area contributed by atoms with Gasteiger partial charge in [-0.25, -0.2) is 16.0 Å². The first-order chi connectivity index (χ1) is 14.7. The predicted octanol–water partition coefficient (Wildman–Crippen LogP) is 7.54. The summed E-state index contributed by atoms with van der Waals surface area (Å²) in [5.74, 6) is 0.365. The highest BCUT2D eigenvalue weighted by atomic mass is 16.2. The van der Waals surface area contributed by atoms with E-state index < -0.39 is 0 Å². The molecule has 0 aliphatic heterocycles. The van der Waals surface area contributed by atoms with Gasteiger partial charge in [0.05, 0.1) is 0 Å². The summed E-state index contributed by atoms with van der Waals surface area (Å²) in [5.41, 5.74) is 6.63. The molecule has 1 unspecified atom stereocenters. The van der Waals surface area contributed by atoms with Crippen molar-refractivity contribution in [3.63, 3.8) is 0 Å². The molecule has 0 aromatic carbocycles. The van der Waals surface area contributed by atoms with Crippen LogP contribution in [0.1, 0.15) is 143 Å². The topological polar surface area (TPSA) is 44.4 Å². The van der Waals surface area contributed by atoms with Gasteiger partial charge in [-0.1, -0.05) is 118 Å². The maximum atomic E-state index is 13.0. The summed E-state index contributed by atoms with van der Waals surface area (Å²) in [6.07, 6.45) is 22.8. The van der Waals surface area contributed by atoms with Crippen molar-refractivity contribution in [1.29, 1.82) is 0 Å². The second kappa shape index (κ2) is 23.1. The SMILES string of the molecule is CCCCCCCCCCCCCCC(CC)C(=O)N(NCCCC)NCCCC. The Kier molecular flexibility index (Phi) is 22.6. The first-order valence-corrected chi connectivity index (χ1v) is 13.5. The Hall–Kier alpha value is -0.610. The van der Waals surface area contributed by atoms with E-state index in [1.807, 2.05) is 0 Å². The van der Waals surface area contributed by atoms with E-state index in [1.165, 1.54) is 77.0 Å². The Labute approximate surface area is 189 Å². The molecular formula is C26H55N3O. The van der Waals surface area contributed by atoms with E-state index in [0.717, 1.165) is 51.6 Å². The number of unbranched alkanes of at least 4 members (excludes halogenated alkanes) is 13. The molecule has 1 amide bonds. The summed E-state index contributed by atoms with van der Waals surface area (Å²) < 4.78 is 0. The molecule has 0 heterocycles. The van der Waals surface area contributed by atoms with Gasteiger partial charge in [0, 0.05) is 19.0 Å². The number of amides is 1. The number of carbonyl (C=O) groups is 1. The van der Waals surface area contributed by atoms with Crippen molar-refractivity contribution in [3.05, 3.63) is 0 Å². The molecule has 0 rings (SSSR count). The second-order valence-electron chi connectivity index (χ2n) is 8.98. The van der Waals surface area contributed by atoms with Crippen LogP contribution >= 0.6 is 0 Å². The van der Waals surface area contributed by atoms with Crippen molar-refractivity contribution in [3.8, 4) is 0 Å². The number of hydrazine groups is 2. The van der Waals surface area contributed by atoms with Crippen LogP contribution in [0.4, 0.5) is 0 Å². The largest absolute Gasteiger partial charge is 0.272 e. The second-order valence-corrected chi connectivity index (χ2v) is 8.98. The molecule has 4 heteroatoms. The molecule has 1 atom stereocenters. The van der Waals surface area contributed by atoms with E-state index in [4.69, 9.17) is 0 Å². The van der Waals surface area contributed by atoms with Gasteiger partial charge in [-0.2, -0.15) is 0 Å². The van der Waals surface area contributed by atoms with Crippen LogP contribution in [0.25, 0.3) is 0 Å². The lowest BCUT2D eigenvalue weighted by Crippen LogP contribution is -2.54. The van der Waals surface area contributed by atoms with Crippen LogP contribution in [0.2, 0.25) is 0 Å². The Morgan fingerprint density at radius 3 is 1.40 bits per heavy atom. The fourth-order valence-corrected chi connectivity index (χ4v) is 3.86. The highest BCUT2D eigenvalue weighted by molar-refractivity contribution is 5.77. The minimum Gasteiger partial charge on any atom is -0.272 e. The Balaban J connectivity index is 3.96. The quantitative estimate of drug-likeness (QED) is 0.131. The van der Waals surface area contributed by atoms with Gasteiger partial charge >= 0.3 is 0 Å². The lowest BCUT2D eigenvalue weighted by atomic mass is 9.97. The van der Waals surface area contributed by atoms with E-state index in [-0.39, 0.29) is 11.8 Å². The number of carbonyl (C=O) groups excluding carboxylic acids is 1. The fraction of sp³-hybridized carbons (Fsp3) is 0.962. The number of nitrogens with zero attached hydrogens (tertiary/aromatic N) is 1. The highest BCUT2D eigenvalue weighted by Gasteiger charge is 2.22. The van der Waals surface area contributed by atoms with E-state index in [0.29, 0.717) is 0 Å². The molecule has 0 saturated heterocycles. The molecule has 0 bridgehead atoms. The molecule has 0 radical (unpaired) electrons. The first-order valence-electron chi connectivity index (χ1n) is 13.5. The van der Waals surface area contributed by atoms with Crippen LogP contribution in [0, 0.1) is 5.92 Å². The normalized spacial score (nSPS) is 12.3. The minimum atomic E-state index is 0.136. The zero-order valence-electron chi connectivity index (χ0n) is 21.1. The Morgan fingerprint density at radius 1 is 0.600 bits per heavy atom. The summed E-state index contributed by atoms with van der Waals surface area (Å²) in [7, 11) is 0. The van der Waals surface area contributed by atoms with Crippen LogP contribution < -0.4 is 10.9 Å². The molecule has 4 nitrogen and oxygen atoms in total. The smallest absolute Gasteiger partial charge is 0.254 e. The fourth-order valence-electron chi connectivity index (χ4n) is 3.86. The van der Waals surface area contributed by atoms with Gasteiger partial charge in [-0.3, -0.25) is 4.79 Å². The standard InChI is InChI=1S/C26H55N3O/c1-5-9-12-13-14-15-16-17-18-19-20-21-22-25(8-4)26(30)29(27-23-10-6-2)28-24-11-7-3/h25,27-28H,5-24H2,1-4H3. The molecule has 0 aliphatic rings. The zero-order chi connectivity index (χ0) is 22.3. The Bertz CT molecular complexity index is 352. The third kappa shape index (κ3) is 17.1. The van der Waals surface area contributed by atoms with Crippen molar-refractivity contribution in [2.45, 2.75) is 143 Å². The predicted molar refractivity (Wildman–Crippen MR) is 132 cm³/mol. The van der Waals surface area contributed by atoms with Crippen LogP contribution in [0.5, 0.6) is 0 Å². The Morgan fingerprint density at radius 2 is 1.00 bits per heavy atom. The molecular weight excluding hydrogens is 370 g/mol. The van der Waals surface area contributed by atoms with Crippen molar-refractivity contribution in [2.24, 2.45) is 5.92 Å². The number of nitrogens with one attached hydrogen (secondary N) is 2. The van der Waals surface area contributed by atoms with Gasteiger partial charge in [0.2, 0.25) is 0 Å². The monoisotopic (exact) mass is 425 g/mol. The van der Waals surface area contributed by atoms with Crippen LogP contribution in [-0.2, 0) is 4.79 Å². The summed E-state index contributed by atoms with van der Waals surface area (Å²) in [6, 6.07) is 0. The molecule has 0 fully saturated rings. The van der Waals surface area contributed by atoms with Crippen LogP contribution in [0.3, 0.4) is 0 Å². The average molecular weight is 426 g/mol. The molecule has 30 heavy (non-hydrogen) atoms. The van der Waals surface area contributed by atoms with Gasteiger partial charge in [-0.15, -0.1) is 0 Å². The van der Waals surface area contributed by atoms with Crippen molar-refractivity contribution >= 4 is 5.91 Å². The van der Waals surface area contributed by atoms with Gasteiger partial charge in [0.15, 0.2) is 0 Å². The summed E-state index contributed by atoms with van der Waals surface area (Å²) in [5, 5.41) is 1.71. The number of rotatable bonds is 23. The van der Waals surface area contributed by atoms with Crippen LogP contribution in [-0.4, -0.2) is 24.1 Å². The zero-order valence-corrected chi connectivity index (χ0v) is 21.1. The summed E-state index contributed by atoms with van der Waals surface area (Å²) in [6.45, 7) is 10.5. The van der Waals surface area contributed by atoms with Gasteiger partial charge in [0.1, 0.15) is 0 Å². The molecule has 0 aromatic heterocycles. The van der Waals surface area contributed by atoms with E-state index in [2.05, 4.69) is 38.5 Å². The third-order valence-corrected chi connectivity index (χ3v) is 6.07. The molecule has 0 aliphatic carbocycles. The maximum absolute atomic E-state index is 13.0. The van der Waals surface area contributed by atoms with E-state index in [9.17, 15) is 4.79 Å². The average Bonchev–Trinajstić information content (AvgIpc) is 2.76. The van der Waals surface area contributed by atoms with Crippen molar-refractivity contribution in [2.75, 3.05) is 13.1 Å². The minimum absolute atomic E-state index is 0.136. The number of hydrogen-bond donors (Lipinski definition) is 2.